The van der Waals surface area contributed by atoms with Crippen molar-refractivity contribution in [2.24, 2.45) is 0 Å². The first-order chi connectivity index (χ1) is 55.7. The van der Waals surface area contributed by atoms with Crippen molar-refractivity contribution < 1.29 is 122 Å². The number of hydrogen-bond donors (Lipinski definition) is 10. The SMILES string of the molecule is CCCCCC/C=C\CCCCCCCCCC(=O)OC1C(O)C(O)C(OC2OC(CO)C(O)C(O)C2O)C(OP(=O)(O)OCC(COC(=O)CCCCCCCCCCCCCCCCC)OC(=O)CCCCC/C=C\CCCCCCCC)C1OC1OC(COC(=O)CCCCC/C=C\CCCCCCCC)C(O)C(O)C1O. The molecule has 3 fully saturated rings. The van der Waals surface area contributed by atoms with E-state index < -0.39 is 162 Å². The van der Waals surface area contributed by atoms with Crippen LogP contribution in [0.5, 0.6) is 0 Å². The van der Waals surface area contributed by atoms with Gasteiger partial charge in [0.25, 0.3) is 0 Å². The lowest BCUT2D eigenvalue weighted by atomic mass is 9.84. The fraction of sp³-hybridized carbons (Fsp3) is 0.888. The van der Waals surface area contributed by atoms with Crippen molar-refractivity contribution in [3.05, 3.63) is 36.5 Å². The van der Waals surface area contributed by atoms with Crippen LogP contribution in [0.2, 0.25) is 0 Å². The van der Waals surface area contributed by atoms with Crippen LogP contribution >= 0.6 is 7.82 Å². The highest BCUT2D eigenvalue weighted by Gasteiger charge is 2.60. The van der Waals surface area contributed by atoms with Crippen LogP contribution in [-0.4, -0.2) is 205 Å². The van der Waals surface area contributed by atoms with E-state index in [1.54, 1.807) is 0 Å². The van der Waals surface area contributed by atoms with Gasteiger partial charge in [0.2, 0.25) is 0 Å². The van der Waals surface area contributed by atoms with E-state index in [9.17, 15) is 74.6 Å². The molecule has 18 unspecified atom stereocenters. The van der Waals surface area contributed by atoms with Gasteiger partial charge < -0.3 is 88.7 Å². The summed E-state index contributed by atoms with van der Waals surface area (Å²) in [5, 5.41) is 102. The number of esters is 4. The molecule has 0 amide bonds. The average molecular weight is 1660 g/mol. The monoisotopic (exact) mass is 1660 g/mol. The smallest absolute Gasteiger partial charge is 0.463 e. The Morgan fingerprint density at radius 1 is 0.339 bits per heavy atom. The fourth-order valence-corrected chi connectivity index (χ4v) is 15.7. The molecule has 0 spiro atoms. The zero-order chi connectivity index (χ0) is 84.0. The number of ether oxygens (including phenoxy) is 8. The molecular formula is C89H161O25P. The maximum atomic E-state index is 14.9. The molecule has 672 valence electrons. The number of allylic oxidation sites excluding steroid dienone is 6. The molecular weight excluding hydrogens is 1500 g/mol. The maximum Gasteiger partial charge on any atom is 0.472 e. The second kappa shape index (κ2) is 68.3. The number of carbonyl (C=O) groups is 4. The van der Waals surface area contributed by atoms with Crippen molar-refractivity contribution in [2.75, 3.05) is 26.4 Å². The fourth-order valence-electron chi connectivity index (χ4n) is 14.8. The van der Waals surface area contributed by atoms with Gasteiger partial charge in [-0.05, 0) is 103 Å². The standard InChI is InChI=1S/C89H161O25P/c1-5-9-13-17-21-25-29-33-35-39-42-45-49-53-57-61-72(91)105-66-69(108-74(93)63-59-55-51-47-43-38-32-28-24-20-16-12-8-4)67-107-115(103,104)114-87-85(112-88-82(101)78(97)76(95)70(65-90)109-88)81(100)80(99)84(111-75(94)64-60-56-52-48-44-40-36-34-30-26-22-18-14-10-6-2)86(87)113-89-83(102)79(98)77(96)71(110-89)68-106-73(92)62-58-54-50-46-41-37-31-27-23-19-15-11-7-3/h26,30,37-38,41,43,69-71,76-90,95-102H,5-25,27-29,31-36,39-40,42,44-68H2,1-4H3,(H,103,104)/b30-26-,41-37-,43-38-. The minimum absolute atomic E-state index is 0.00806. The van der Waals surface area contributed by atoms with Gasteiger partial charge in [-0.2, -0.15) is 0 Å². The van der Waals surface area contributed by atoms with E-state index in [0.717, 1.165) is 128 Å². The molecule has 26 heteroatoms. The summed E-state index contributed by atoms with van der Waals surface area (Å²) >= 11 is 0. The molecule has 0 bridgehead atoms. The summed E-state index contributed by atoms with van der Waals surface area (Å²) in [5.41, 5.74) is 0. The number of rotatable bonds is 73. The first kappa shape index (κ1) is 106. The Labute approximate surface area is 691 Å². The molecule has 18 atom stereocenters. The van der Waals surface area contributed by atoms with Crippen molar-refractivity contribution in [1.29, 1.82) is 0 Å². The highest BCUT2D eigenvalue weighted by atomic mass is 31.2. The van der Waals surface area contributed by atoms with Gasteiger partial charge in [-0.15, -0.1) is 0 Å². The Balaban J connectivity index is 1.94. The van der Waals surface area contributed by atoms with Crippen LogP contribution in [0.1, 0.15) is 374 Å². The van der Waals surface area contributed by atoms with Crippen molar-refractivity contribution in [3.63, 3.8) is 0 Å². The summed E-state index contributed by atoms with van der Waals surface area (Å²) in [6.45, 7) is 5.52. The first-order valence-electron chi connectivity index (χ1n) is 45.7. The highest BCUT2D eigenvalue weighted by Crippen LogP contribution is 2.49. The van der Waals surface area contributed by atoms with Gasteiger partial charge in [0, 0.05) is 25.7 Å². The largest absolute Gasteiger partial charge is 0.472 e. The number of aliphatic hydroxyl groups is 9. The Morgan fingerprint density at radius 2 is 0.652 bits per heavy atom. The summed E-state index contributed by atoms with van der Waals surface area (Å²) in [7, 11) is -5.81. The topological polar surface area (TPSA) is 380 Å². The van der Waals surface area contributed by atoms with Crippen molar-refractivity contribution in [2.45, 2.75) is 479 Å². The van der Waals surface area contributed by atoms with Crippen LogP contribution in [0.25, 0.3) is 0 Å². The van der Waals surface area contributed by atoms with Crippen LogP contribution < -0.4 is 0 Å². The lowest BCUT2D eigenvalue weighted by Crippen LogP contribution is -2.70. The summed E-state index contributed by atoms with van der Waals surface area (Å²) in [5.74, 6) is -3.01. The van der Waals surface area contributed by atoms with E-state index in [1.807, 2.05) is 0 Å². The van der Waals surface area contributed by atoms with Crippen LogP contribution in [0, 0.1) is 0 Å². The number of phosphoric acid groups is 1. The predicted octanol–water partition coefficient (Wildman–Crippen LogP) is 16.3. The molecule has 25 nitrogen and oxygen atoms in total. The number of carbonyl (C=O) groups excluding carboxylic acids is 4. The summed E-state index contributed by atoms with van der Waals surface area (Å²) in [6.07, 6.45) is 28.7. The second-order valence-corrected chi connectivity index (χ2v) is 33.9. The molecule has 1 saturated carbocycles. The van der Waals surface area contributed by atoms with Gasteiger partial charge in [0.15, 0.2) is 24.8 Å². The molecule has 3 aliphatic rings. The minimum Gasteiger partial charge on any atom is -0.463 e. The van der Waals surface area contributed by atoms with E-state index in [-0.39, 0.29) is 25.7 Å². The van der Waals surface area contributed by atoms with Gasteiger partial charge in [0.05, 0.1) is 13.2 Å². The number of aliphatic hydroxyl groups excluding tert-OH is 9. The van der Waals surface area contributed by atoms with Crippen LogP contribution in [0.3, 0.4) is 0 Å². The minimum atomic E-state index is -5.81. The van der Waals surface area contributed by atoms with Gasteiger partial charge in [-0.3, -0.25) is 28.2 Å². The van der Waals surface area contributed by atoms with Crippen molar-refractivity contribution in [1.82, 2.24) is 0 Å². The first-order valence-corrected chi connectivity index (χ1v) is 47.2. The van der Waals surface area contributed by atoms with Crippen LogP contribution in [0.4, 0.5) is 0 Å². The van der Waals surface area contributed by atoms with E-state index in [1.165, 1.54) is 148 Å². The molecule has 0 aromatic heterocycles. The summed E-state index contributed by atoms with van der Waals surface area (Å²) < 4.78 is 73.3. The highest BCUT2D eigenvalue weighted by molar-refractivity contribution is 7.47. The molecule has 0 aromatic carbocycles. The summed E-state index contributed by atoms with van der Waals surface area (Å²) in [4.78, 5) is 66.3. The quantitative estimate of drug-likeness (QED) is 0.00889. The Hall–Kier alpha value is -3.31. The van der Waals surface area contributed by atoms with Crippen molar-refractivity contribution in [3.8, 4) is 0 Å². The third kappa shape index (κ3) is 48.8. The molecule has 1 aliphatic carbocycles. The Kier molecular flexibility index (Phi) is 62.8. The molecule has 3 rings (SSSR count). The van der Waals surface area contributed by atoms with Gasteiger partial charge in [-0.1, -0.05) is 282 Å². The van der Waals surface area contributed by atoms with E-state index in [0.29, 0.717) is 44.9 Å². The van der Waals surface area contributed by atoms with Gasteiger partial charge in [-0.25, -0.2) is 4.57 Å². The van der Waals surface area contributed by atoms with Crippen LogP contribution in [-0.2, 0) is 70.7 Å². The Morgan fingerprint density at radius 3 is 1.05 bits per heavy atom. The maximum absolute atomic E-state index is 14.9. The predicted molar refractivity (Wildman–Crippen MR) is 444 cm³/mol. The van der Waals surface area contributed by atoms with E-state index in [2.05, 4.69) is 64.2 Å². The molecule has 10 N–H and O–H groups in total. The number of hydrogen-bond acceptors (Lipinski definition) is 24. The molecule has 2 heterocycles. The second-order valence-electron chi connectivity index (χ2n) is 32.4. The molecule has 2 aliphatic heterocycles. The third-order valence-corrected chi connectivity index (χ3v) is 23.1. The Bertz CT molecular complexity index is 2540. The van der Waals surface area contributed by atoms with Gasteiger partial charge in [0.1, 0.15) is 92.6 Å². The van der Waals surface area contributed by atoms with Crippen LogP contribution in [0.15, 0.2) is 36.5 Å². The zero-order valence-electron chi connectivity index (χ0n) is 71.3. The normalized spacial score (nSPS) is 25.4. The molecule has 0 aromatic rings. The lowest BCUT2D eigenvalue weighted by molar-refractivity contribution is -0.360. The third-order valence-electron chi connectivity index (χ3n) is 22.1. The lowest BCUT2D eigenvalue weighted by Gasteiger charge is -2.50. The molecule has 115 heavy (non-hydrogen) atoms. The number of phosphoric ester groups is 1. The van der Waals surface area contributed by atoms with Gasteiger partial charge >= 0.3 is 31.7 Å². The zero-order valence-corrected chi connectivity index (χ0v) is 72.2. The molecule has 0 radical (unpaired) electrons. The van der Waals surface area contributed by atoms with E-state index >= 15 is 0 Å². The average Bonchev–Trinajstić information content (AvgIpc) is 0.754. The summed E-state index contributed by atoms with van der Waals surface area (Å²) in [6, 6.07) is 0. The van der Waals surface area contributed by atoms with Crippen molar-refractivity contribution >= 4 is 31.7 Å². The van der Waals surface area contributed by atoms with E-state index in [4.69, 9.17) is 46.9 Å². The molecule has 2 saturated heterocycles. The number of unbranched alkanes of at least 4 members (excludes halogenated alkanes) is 43.